The average Bonchev–Trinajstić information content (AvgIpc) is 1.91. The predicted octanol–water partition coefficient (Wildman–Crippen LogP) is 2.28. The van der Waals surface area contributed by atoms with Crippen LogP contribution < -0.4 is 0 Å². The van der Waals surface area contributed by atoms with Crippen LogP contribution in [0.15, 0.2) is 23.3 Å². The molecule has 0 atom stereocenters. The molecule has 0 saturated heterocycles. The normalized spacial score (nSPS) is 14.0. The van der Waals surface area contributed by atoms with Crippen LogP contribution in [-0.2, 0) is 0 Å². The van der Waals surface area contributed by atoms with Crippen molar-refractivity contribution in [2.75, 3.05) is 6.61 Å². The second-order valence-electron chi connectivity index (χ2n) is 2.30. The lowest BCUT2D eigenvalue weighted by Gasteiger charge is -2.01. The van der Waals surface area contributed by atoms with Gasteiger partial charge in [-0.05, 0) is 31.4 Å². The van der Waals surface area contributed by atoms with Crippen LogP contribution in [-0.4, -0.2) is 11.7 Å². The third-order valence-electron chi connectivity index (χ3n) is 1.59. The smallest absolute Gasteiger partial charge is 0.0647 e. The van der Waals surface area contributed by atoms with E-state index in [0.717, 1.165) is 12.0 Å². The van der Waals surface area contributed by atoms with Gasteiger partial charge in [0.2, 0.25) is 0 Å². The number of aliphatic hydroxyl groups excluding tert-OH is 1. The first-order valence-electron chi connectivity index (χ1n) is 3.68. The van der Waals surface area contributed by atoms with Gasteiger partial charge in [0, 0.05) is 0 Å². The Kier molecular flexibility index (Phi) is 4.95. The molecule has 0 aliphatic rings. The van der Waals surface area contributed by atoms with Gasteiger partial charge in [0.05, 0.1) is 6.61 Å². The van der Waals surface area contributed by atoms with Gasteiger partial charge in [-0.3, -0.25) is 0 Å². The summed E-state index contributed by atoms with van der Waals surface area (Å²) in [6.07, 6.45) is 4.95. The molecule has 0 bridgehead atoms. The molecule has 0 aliphatic heterocycles. The van der Waals surface area contributed by atoms with Gasteiger partial charge >= 0.3 is 0 Å². The monoisotopic (exact) mass is 140 g/mol. The quantitative estimate of drug-likeness (QED) is 0.596. The molecule has 0 aromatic carbocycles. The van der Waals surface area contributed by atoms with Crippen molar-refractivity contribution < 1.29 is 5.11 Å². The molecule has 0 spiro atoms. The lowest BCUT2D eigenvalue weighted by atomic mass is 10.1. The maximum absolute atomic E-state index is 8.83. The van der Waals surface area contributed by atoms with Crippen molar-refractivity contribution in [3.8, 4) is 0 Å². The molecular formula is C9H16O. The molecule has 0 heterocycles. The van der Waals surface area contributed by atoms with Crippen molar-refractivity contribution in [2.45, 2.75) is 27.2 Å². The maximum atomic E-state index is 8.83. The van der Waals surface area contributed by atoms with Crippen LogP contribution in [0.5, 0.6) is 0 Å². The van der Waals surface area contributed by atoms with Crippen molar-refractivity contribution in [1.82, 2.24) is 0 Å². The van der Waals surface area contributed by atoms with Crippen molar-refractivity contribution in [3.05, 3.63) is 23.3 Å². The first-order chi connectivity index (χ1) is 4.76. The van der Waals surface area contributed by atoms with E-state index >= 15 is 0 Å². The molecule has 0 saturated carbocycles. The average molecular weight is 140 g/mol. The van der Waals surface area contributed by atoms with E-state index in [0.29, 0.717) is 0 Å². The van der Waals surface area contributed by atoms with Gasteiger partial charge in [0.25, 0.3) is 0 Å². The molecule has 0 rings (SSSR count). The third-order valence-corrected chi connectivity index (χ3v) is 1.59. The van der Waals surface area contributed by atoms with Gasteiger partial charge in [-0.25, -0.2) is 0 Å². The standard InChI is InChI=1S/C9H16O/c1-4-6-8(3)9(5-2)7-10/h4,6,10H,5,7H2,1-3H3/b6-4+,9-8+. The van der Waals surface area contributed by atoms with Gasteiger partial charge in [0.1, 0.15) is 0 Å². The molecular weight excluding hydrogens is 124 g/mol. The summed E-state index contributed by atoms with van der Waals surface area (Å²) in [5, 5.41) is 8.83. The largest absolute Gasteiger partial charge is 0.392 e. The molecule has 10 heavy (non-hydrogen) atoms. The summed E-state index contributed by atoms with van der Waals surface area (Å²) in [5.41, 5.74) is 2.31. The van der Waals surface area contributed by atoms with E-state index in [1.807, 2.05) is 26.0 Å². The Morgan fingerprint density at radius 1 is 1.50 bits per heavy atom. The molecule has 0 aromatic heterocycles. The van der Waals surface area contributed by atoms with Crippen molar-refractivity contribution in [1.29, 1.82) is 0 Å². The number of hydrogen-bond donors (Lipinski definition) is 1. The van der Waals surface area contributed by atoms with Gasteiger partial charge in [-0.1, -0.05) is 19.1 Å². The van der Waals surface area contributed by atoms with E-state index in [9.17, 15) is 0 Å². The molecule has 0 aromatic rings. The molecule has 0 unspecified atom stereocenters. The predicted molar refractivity (Wildman–Crippen MR) is 44.9 cm³/mol. The van der Waals surface area contributed by atoms with E-state index in [4.69, 9.17) is 5.11 Å². The number of rotatable bonds is 3. The second kappa shape index (κ2) is 5.24. The van der Waals surface area contributed by atoms with Crippen molar-refractivity contribution in [3.63, 3.8) is 0 Å². The molecule has 1 N–H and O–H groups in total. The highest BCUT2D eigenvalue weighted by Crippen LogP contribution is 2.07. The first-order valence-corrected chi connectivity index (χ1v) is 3.68. The molecule has 0 aliphatic carbocycles. The zero-order valence-corrected chi connectivity index (χ0v) is 7.02. The summed E-state index contributed by atoms with van der Waals surface area (Å²) >= 11 is 0. The fraction of sp³-hybridized carbons (Fsp3) is 0.556. The van der Waals surface area contributed by atoms with E-state index in [1.165, 1.54) is 5.57 Å². The minimum atomic E-state index is 0.187. The van der Waals surface area contributed by atoms with E-state index in [-0.39, 0.29) is 6.61 Å². The van der Waals surface area contributed by atoms with Crippen LogP contribution in [0.4, 0.5) is 0 Å². The summed E-state index contributed by atoms with van der Waals surface area (Å²) in [6, 6.07) is 0. The first kappa shape index (κ1) is 9.44. The summed E-state index contributed by atoms with van der Waals surface area (Å²) in [7, 11) is 0. The zero-order valence-electron chi connectivity index (χ0n) is 7.02. The summed E-state index contributed by atoms with van der Waals surface area (Å²) in [4.78, 5) is 0. The molecule has 0 fully saturated rings. The Bertz CT molecular complexity index is 137. The Labute approximate surface area is 63.1 Å². The number of aliphatic hydroxyl groups is 1. The van der Waals surface area contributed by atoms with Crippen LogP contribution in [0.1, 0.15) is 27.2 Å². The second-order valence-corrected chi connectivity index (χ2v) is 2.30. The van der Waals surface area contributed by atoms with Crippen LogP contribution in [0.2, 0.25) is 0 Å². The summed E-state index contributed by atoms with van der Waals surface area (Å²) < 4.78 is 0. The lowest BCUT2D eigenvalue weighted by Crippen LogP contribution is -1.91. The van der Waals surface area contributed by atoms with E-state index < -0.39 is 0 Å². The Morgan fingerprint density at radius 3 is 2.40 bits per heavy atom. The SMILES string of the molecule is C/C=C/C(C)=C(\CC)CO. The van der Waals surface area contributed by atoms with Gasteiger partial charge < -0.3 is 5.11 Å². The lowest BCUT2D eigenvalue weighted by molar-refractivity contribution is 0.326. The number of hydrogen-bond acceptors (Lipinski definition) is 1. The topological polar surface area (TPSA) is 20.2 Å². The minimum Gasteiger partial charge on any atom is -0.392 e. The maximum Gasteiger partial charge on any atom is 0.0647 e. The van der Waals surface area contributed by atoms with Gasteiger partial charge in [-0.15, -0.1) is 0 Å². The van der Waals surface area contributed by atoms with Gasteiger partial charge in [-0.2, -0.15) is 0 Å². The fourth-order valence-electron chi connectivity index (χ4n) is 0.883. The molecule has 0 radical (unpaired) electrons. The summed E-state index contributed by atoms with van der Waals surface area (Å²) in [6.45, 7) is 6.24. The van der Waals surface area contributed by atoms with Crippen LogP contribution >= 0.6 is 0 Å². The Balaban J connectivity index is 4.27. The third kappa shape index (κ3) is 2.83. The fourth-order valence-corrected chi connectivity index (χ4v) is 0.883. The minimum absolute atomic E-state index is 0.187. The number of allylic oxidation sites excluding steroid dienone is 3. The molecule has 58 valence electrons. The highest BCUT2D eigenvalue weighted by atomic mass is 16.3. The van der Waals surface area contributed by atoms with Gasteiger partial charge in [0.15, 0.2) is 0 Å². The van der Waals surface area contributed by atoms with E-state index in [1.54, 1.807) is 0 Å². The zero-order chi connectivity index (χ0) is 7.98. The Hall–Kier alpha value is -0.560. The molecule has 1 nitrogen and oxygen atoms in total. The highest BCUT2D eigenvalue weighted by Gasteiger charge is 1.93. The highest BCUT2D eigenvalue weighted by molar-refractivity contribution is 5.23. The molecule has 0 amide bonds. The summed E-state index contributed by atoms with van der Waals surface area (Å²) in [5.74, 6) is 0. The van der Waals surface area contributed by atoms with E-state index in [2.05, 4.69) is 6.92 Å². The van der Waals surface area contributed by atoms with Crippen LogP contribution in [0.25, 0.3) is 0 Å². The van der Waals surface area contributed by atoms with Crippen LogP contribution in [0, 0.1) is 0 Å². The van der Waals surface area contributed by atoms with Crippen LogP contribution in [0.3, 0.4) is 0 Å². The van der Waals surface area contributed by atoms with Crippen molar-refractivity contribution >= 4 is 0 Å². The molecule has 1 heteroatoms. The Morgan fingerprint density at radius 2 is 2.10 bits per heavy atom. The van der Waals surface area contributed by atoms with Crippen molar-refractivity contribution in [2.24, 2.45) is 0 Å².